The van der Waals surface area contributed by atoms with Crippen molar-refractivity contribution in [2.75, 3.05) is 0 Å². The van der Waals surface area contributed by atoms with E-state index < -0.39 is 0 Å². The van der Waals surface area contributed by atoms with Crippen LogP contribution in [0.3, 0.4) is 0 Å². The lowest BCUT2D eigenvalue weighted by Gasteiger charge is -2.06. The molecule has 0 aliphatic rings. The van der Waals surface area contributed by atoms with Crippen LogP contribution in [-0.4, -0.2) is 15.6 Å². The standard InChI is InChI=1S/C12H15NOS/c1-2-5-9(14)8-12-10-6-3-4-7-11(10)13-15-12/h3-4,6-7,9,14H,2,5,8H2,1H3. The maximum absolute atomic E-state index is 9.76. The second kappa shape index (κ2) is 4.73. The molecular weight excluding hydrogens is 206 g/mol. The maximum Gasteiger partial charge on any atom is 0.0843 e. The summed E-state index contributed by atoms with van der Waals surface area (Å²) in [5.41, 5.74) is 1.04. The largest absolute Gasteiger partial charge is 0.393 e. The second-order valence-corrected chi connectivity index (χ2v) is 4.63. The van der Waals surface area contributed by atoms with Crippen molar-refractivity contribution >= 4 is 22.4 Å². The zero-order valence-corrected chi connectivity index (χ0v) is 9.63. The number of aliphatic hydroxyl groups excluding tert-OH is 1. The Labute approximate surface area is 93.7 Å². The van der Waals surface area contributed by atoms with Crippen LogP contribution in [0.4, 0.5) is 0 Å². The number of hydrogen-bond acceptors (Lipinski definition) is 3. The van der Waals surface area contributed by atoms with E-state index in [1.54, 1.807) is 0 Å². The van der Waals surface area contributed by atoms with Gasteiger partial charge >= 0.3 is 0 Å². The van der Waals surface area contributed by atoms with Crippen molar-refractivity contribution in [2.24, 2.45) is 0 Å². The van der Waals surface area contributed by atoms with Crippen molar-refractivity contribution in [1.29, 1.82) is 0 Å². The van der Waals surface area contributed by atoms with E-state index in [2.05, 4.69) is 17.4 Å². The number of aliphatic hydroxyl groups is 1. The van der Waals surface area contributed by atoms with Crippen LogP contribution in [0.15, 0.2) is 24.3 Å². The van der Waals surface area contributed by atoms with Gasteiger partial charge in [-0.15, -0.1) is 0 Å². The van der Waals surface area contributed by atoms with Crippen molar-refractivity contribution in [3.8, 4) is 0 Å². The highest BCUT2D eigenvalue weighted by Gasteiger charge is 2.10. The SMILES string of the molecule is CCCC(O)Cc1snc2ccccc12. The van der Waals surface area contributed by atoms with E-state index in [1.807, 2.05) is 18.2 Å². The van der Waals surface area contributed by atoms with E-state index in [1.165, 1.54) is 21.8 Å². The number of aromatic nitrogens is 1. The lowest BCUT2D eigenvalue weighted by atomic mass is 10.1. The molecule has 1 aromatic heterocycles. The van der Waals surface area contributed by atoms with Crippen molar-refractivity contribution in [3.63, 3.8) is 0 Å². The van der Waals surface area contributed by atoms with Gasteiger partial charge in [0.15, 0.2) is 0 Å². The highest BCUT2D eigenvalue weighted by molar-refractivity contribution is 7.07. The van der Waals surface area contributed by atoms with Gasteiger partial charge in [-0.25, -0.2) is 0 Å². The van der Waals surface area contributed by atoms with Gasteiger partial charge < -0.3 is 5.11 Å². The molecule has 3 heteroatoms. The summed E-state index contributed by atoms with van der Waals surface area (Å²) in [4.78, 5) is 1.20. The molecule has 2 nitrogen and oxygen atoms in total. The van der Waals surface area contributed by atoms with Crippen molar-refractivity contribution in [2.45, 2.75) is 32.3 Å². The Balaban J connectivity index is 2.21. The highest BCUT2D eigenvalue weighted by atomic mass is 32.1. The molecule has 15 heavy (non-hydrogen) atoms. The fourth-order valence-electron chi connectivity index (χ4n) is 1.74. The molecule has 1 aromatic carbocycles. The van der Waals surface area contributed by atoms with Crippen LogP contribution in [0, 0.1) is 0 Å². The number of fused-ring (bicyclic) bond motifs is 1. The maximum atomic E-state index is 9.76. The van der Waals surface area contributed by atoms with E-state index >= 15 is 0 Å². The van der Waals surface area contributed by atoms with E-state index in [0.717, 1.165) is 24.8 Å². The van der Waals surface area contributed by atoms with Gasteiger partial charge in [0.2, 0.25) is 0 Å². The molecule has 0 fully saturated rings. The first-order valence-electron chi connectivity index (χ1n) is 5.32. The Kier molecular flexibility index (Phi) is 3.34. The van der Waals surface area contributed by atoms with Gasteiger partial charge in [-0.2, -0.15) is 4.37 Å². The fraction of sp³-hybridized carbons (Fsp3) is 0.417. The summed E-state index contributed by atoms with van der Waals surface area (Å²) in [6.07, 6.45) is 2.40. The molecule has 2 rings (SSSR count). The average molecular weight is 221 g/mol. The molecule has 0 saturated heterocycles. The number of nitrogens with zero attached hydrogens (tertiary/aromatic N) is 1. The topological polar surface area (TPSA) is 33.1 Å². The smallest absolute Gasteiger partial charge is 0.0843 e. The van der Waals surface area contributed by atoms with Gasteiger partial charge in [0.25, 0.3) is 0 Å². The van der Waals surface area contributed by atoms with E-state index in [-0.39, 0.29) is 6.10 Å². The minimum atomic E-state index is -0.223. The van der Waals surface area contributed by atoms with Crippen molar-refractivity contribution in [1.82, 2.24) is 4.37 Å². The van der Waals surface area contributed by atoms with Crippen molar-refractivity contribution in [3.05, 3.63) is 29.1 Å². The summed E-state index contributed by atoms with van der Waals surface area (Å²) >= 11 is 1.51. The molecule has 1 atom stereocenters. The van der Waals surface area contributed by atoms with Crippen molar-refractivity contribution < 1.29 is 5.11 Å². The molecule has 0 amide bonds. The first kappa shape index (κ1) is 10.6. The number of hydrogen-bond donors (Lipinski definition) is 1. The molecule has 0 radical (unpaired) electrons. The quantitative estimate of drug-likeness (QED) is 0.861. The van der Waals surface area contributed by atoms with Gasteiger partial charge in [0, 0.05) is 16.7 Å². The predicted molar refractivity (Wildman–Crippen MR) is 64.2 cm³/mol. The molecule has 2 aromatic rings. The zero-order valence-electron chi connectivity index (χ0n) is 8.81. The summed E-state index contributed by atoms with van der Waals surface area (Å²) in [6.45, 7) is 2.09. The Morgan fingerprint density at radius 3 is 3.00 bits per heavy atom. The summed E-state index contributed by atoms with van der Waals surface area (Å²) in [7, 11) is 0. The number of benzene rings is 1. The summed E-state index contributed by atoms with van der Waals surface area (Å²) in [5, 5.41) is 11.0. The van der Waals surface area contributed by atoms with Gasteiger partial charge in [0.05, 0.1) is 11.6 Å². The average Bonchev–Trinajstić information content (AvgIpc) is 2.62. The van der Waals surface area contributed by atoms with E-state index in [4.69, 9.17) is 0 Å². The lowest BCUT2D eigenvalue weighted by Crippen LogP contribution is -2.08. The molecular formula is C12H15NOS. The predicted octanol–water partition coefficient (Wildman–Crippen LogP) is 3.00. The van der Waals surface area contributed by atoms with Crippen LogP contribution in [0.5, 0.6) is 0 Å². The summed E-state index contributed by atoms with van der Waals surface area (Å²) < 4.78 is 4.36. The molecule has 0 bridgehead atoms. The third-order valence-electron chi connectivity index (χ3n) is 2.50. The van der Waals surface area contributed by atoms with E-state index in [9.17, 15) is 5.11 Å². The monoisotopic (exact) mass is 221 g/mol. The minimum absolute atomic E-state index is 0.223. The van der Waals surface area contributed by atoms with Crippen LogP contribution in [-0.2, 0) is 6.42 Å². The normalized spacial score (nSPS) is 13.2. The zero-order chi connectivity index (χ0) is 10.7. The molecule has 0 spiro atoms. The van der Waals surface area contributed by atoms with Crippen LogP contribution >= 0.6 is 11.5 Å². The van der Waals surface area contributed by atoms with Crippen LogP contribution in [0.2, 0.25) is 0 Å². The van der Waals surface area contributed by atoms with E-state index in [0.29, 0.717) is 0 Å². The summed E-state index contributed by atoms with van der Waals surface area (Å²) in [5.74, 6) is 0. The van der Waals surface area contributed by atoms with Gasteiger partial charge in [-0.05, 0) is 24.0 Å². The molecule has 0 aliphatic heterocycles. The van der Waals surface area contributed by atoms with Gasteiger partial charge in [-0.3, -0.25) is 0 Å². The van der Waals surface area contributed by atoms with Gasteiger partial charge in [0.1, 0.15) is 0 Å². The Bertz CT molecular complexity index is 438. The third-order valence-corrected chi connectivity index (χ3v) is 3.40. The minimum Gasteiger partial charge on any atom is -0.393 e. The first-order valence-corrected chi connectivity index (χ1v) is 6.10. The van der Waals surface area contributed by atoms with Gasteiger partial charge in [-0.1, -0.05) is 31.5 Å². The Morgan fingerprint density at radius 1 is 1.40 bits per heavy atom. The third kappa shape index (κ3) is 2.36. The van der Waals surface area contributed by atoms with Crippen LogP contribution < -0.4 is 0 Å². The molecule has 1 unspecified atom stereocenters. The molecule has 0 saturated carbocycles. The lowest BCUT2D eigenvalue weighted by molar-refractivity contribution is 0.165. The summed E-state index contributed by atoms with van der Waals surface area (Å²) in [6, 6.07) is 8.11. The Hall–Kier alpha value is -0.930. The number of rotatable bonds is 4. The second-order valence-electron chi connectivity index (χ2n) is 3.77. The fourth-order valence-corrected chi connectivity index (χ4v) is 2.64. The highest BCUT2D eigenvalue weighted by Crippen LogP contribution is 2.23. The molecule has 1 heterocycles. The van der Waals surface area contributed by atoms with Crippen LogP contribution in [0.25, 0.3) is 10.9 Å². The van der Waals surface area contributed by atoms with Crippen LogP contribution in [0.1, 0.15) is 24.6 Å². The first-order chi connectivity index (χ1) is 7.31. The Morgan fingerprint density at radius 2 is 2.20 bits per heavy atom. The molecule has 1 N–H and O–H groups in total. The molecule has 0 aliphatic carbocycles. The molecule has 80 valence electrons.